The van der Waals surface area contributed by atoms with Crippen molar-refractivity contribution in [3.63, 3.8) is 0 Å². The minimum Gasteiger partial charge on any atom is -0.434 e. The summed E-state index contributed by atoms with van der Waals surface area (Å²) in [5.74, 6) is 0.634. The highest BCUT2D eigenvalue weighted by atomic mass is 19.3. The van der Waals surface area contributed by atoms with Crippen molar-refractivity contribution in [2.75, 3.05) is 5.43 Å². The molecule has 1 aromatic heterocycles. The van der Waals surface area contributed by atoms with E-state index < -0.39 is 6.61 Å². The topological polar surface area (TPSA) is 46.5 Å². The summed E-state index contributed by atoms with van der Waals surface area (Å²) in [5.41, 5.74) is 3.14. The summed E-state index contributed by atoms with van der Waals surface area (Å²) in [6.45, 7) is -2.86. The molecule has 0 aliphatic heterocycles. The number of alkyl halides is 2. The number of nitrogens with zero attached hydrogens (tertiary/aromatic N) is 2. The minimum atomic E-state index is -2.86. The SMILES string of the molecule is FC(F)Oc1ccccc1/C=N\Nc1ccccn1. The third-order valence-corrected chi connectivity index (χ3v) is 2.18. The van der Waals surface area contributed by atoms with Gasteiger partial charge in [-0.05, 0) is 24.3 Å². The fraction of sp³-hybridized carbons (Fsp3) is 0.0769. The molecule has 0 radical (unpaired) electrons. The summed E-state index contributed by atoms with van der Waals surface area (Å²) in [4.78, 5) is 4.00. The fourth-order valence-electron chi connectivity index (χ4n) is 1.39. The average Bonchev–Trinajstić information content (AvgIpc) is 2.41. The summed E-state index contributed by atoms with van der Waals surface area (Å²) in [7, 11) is 0. The van der Waals surface area contributed by atoms with E-state index in [0.29, 0.717) is 11.4 Å². The molecule has 98 valence electrons. The van der Waals surface area contributed by atoms with Gasteiger partial charge in [0.15, 0.2) is 0 Å². The molecule has 19 heavy (non-hydrogen) atoms. The number of halogens is 2. The normalized spacial score (nSPS) is 10.9. The lowest BCUT2D eigenvalue weighted by molar-refractivity contribution is -0.0499. The number of aromatic nitrogens is 1. The van der Waals surface area contributed by atoms with Gasteiger partial charge in [0.05, 0.1) is 6.21 Å². The van der Waals surface area contributed by atoms with Gasteiger partial charge in [0.1, 0.15) is 11.6 Å². The molecule has 0 atom stereocenters. The predicted octanol–water partition coefficient (Wildman–Crippen LogP) is 3.13. The molecule has 2 rings (SSSR count). The lowest BCUT2D eigenvalue weighted by Gasteiger charge is -2.06. The van der Waals surface area contributed by atoms with Gasteiger partial charge in [-0.1, -0.05) is 18.2 Å². The average molecular weight is 263 g/mol. The predicted molar refractivity (Wildman–Crippen MR) is 68.5 cm³/mol. The molecule has 0 amide bonds. The molecule has 0 aliphatic rings. The second-order valence-electron chi connectivity index (χ2n) is 3.50. The molecule has 0 unspecified atom stereocenters. The van der Waals surface area contributed by atoms with Gasteiger partial charge >= 0.3 is 6.61 Å². The summed E-state index contributed by atoms with van der Waals surface area (Å²) < 4.78 is 28.8. The number of rotatable bonds is 5. The molecule has 6 heteroatoms. The Bertz CT molecular complexity index is 547. The van der Waals surface area contributed by atoms with Crippen LogP contribution in [0.25, 0.3) is 0 Å². The number of anilines is 1. The maximum absolute atomic E-state index is 12.2. The van der Waals surface area contributed by atoms with Gasteiger partial charge in [-0.3, -0.25) is 5.43 Å². The molecule has 1 heterocycles. The van der Waals surface area contributed by atoms with Gasteiger partial charge in [0, 0.05) is 11.8 Å². The summed E-state index contributed by atoms with van der Waals surface area (Å²) in [5, 5.41) is 3.92. The van der Waals surface area contributed by atoms with E-state index in [2.05, 4.69) is 20.2 Å². The number of hydrazone groups is 1. The second-order valence-corrected chi connectivity index (χ2v) is 3.50. The molecule has 0 bridgehead atoms. The molecule has 0 fully saturated rings. The first-order valence-corrected chi connectivity index (χ1v) is 5.49. The third-order valence-electron chi connectivity index (χ3n) is 2.18. The smallest absolute Gasteiger partial charge is 0.387 e. The number of benzene rings is 1. The number of pyridine rings is 1. The first-order valence-electron chi connectivity index (χ1n) is 5.49. The van der Waals surface area contributed by atoms with Crippen LogP contribution in [0, 0.1) is 0 Å². The Morgan fingerprint density at radius 3 is 2.68 bits per heavy atom. The van der Waals surface area contributed by atoms with Crippen molar-refractivity contribution in [2.24, 2.45) is 5.10 Å². The lowest BCUT2D eigenvalue weighted by atomic mass is 10.2. The van der Waals surface area contributed by atoms with Gasteiger partial charge in [-0.15, -0.1) is 0 Å². The van der Waals surface area contributed by atoms with Crippen molar-refractivity contribution in [3.8, 4) is 5.75 Å². The Balaban J connectivity index is 2.06. The molecule has 1 N–H and O–H groups in total. The number of nitrogens with one attached hydrogen (secondary N) is 1. The van der Waals surface area contributed by atoms with E-state index >= 15 is 0 Å². The Labute approximate surface area is 108 Å². The van der Waals surface area contributed by atoms with E-state index in [1.807, 2.05) is 0 Å². The van der Waals surface area contributed by atoms with Crippen LogP contribution in [0.4, 0.5) is 14.6 Å². The number of para-hydroxylation sites is 1. The quantitative estimate of drug-likeness (QED) is 0.666. The second kappa shape index (κ2) is 6.44. The van der Waals surface area contributed by atoms with Crippen LogP contribution in [0.15, 0.2) is 53.8 Å². The zero-order valence-corrected chi connectivity index (χ0v) is 9.83. The molecule has 2 aromatic rings. The van der Waals surface area contributed by atoms with Crippen molar-refractivity contribution in [2.45, 2.75) is 6.61 Å². The van der Waals surface area contributed by atoms with E-state index in [9.17, 15) is 8.78 Å². The van der Waals surface area contributed by atoms with Crippen LogP contribution in [-0.2, 0) is 0 Å². The van der Waals surface area contributed by atoms with Gasteiger partial charge in [0.2, 0.25) is 0 Å². The first kappa shape index (κ1) is 12.9. The van der Waals surface area contributed by atoms with E-state index in [1.54, 1.807) is 42.6 Å². The van der Waals surface area contributed by atoms with Crippen LogP contribution in [0.1, 0.15) is 5.56 Å². The van der Waals surface area contributed by atoms with Crippen LogP contribution in [0.2, 0.25) is 0 Å². The van der Waals surface area contributed by atoms with Gasteiger partial charge < -0.3 is 4.74 Å². The van der Waals surface area contributed by atoms with Crippen molar-refractivity contribution in [3.05, 3.63) is 54.2 Å². The Morgan fingerprint density at radius 2 is 1.95 bits per heavy atom. The highest BCUT2D eigenvalue weighted by molar-refractivity contribution is 5.83. The van der Waals surface area contributed by atoms with Crippen molar-refractivity contribution in [1.82, 2.24) is 4.98 Å². The van der Waals surface area contributed by atoms with E-state index in [0.717, 1.165) is 0 Å². The van der Waals surface area contributed by atoms with Crippen molar-refractivity contribution < 1.29 is 13.5 Å². The van der Waals surface area contributed by atoms with Gasteiger partial charge in [-0.25, -0.2) is 4.98 Å². The Kier molecular flexibility index (Phi) is 4.39. The maximum atomic E-state index is 12.2. The van der Waals surface area contributed by atoms with Crippen molar-refractivity contribution in [1.29, 1.82) is 0 Å². The van der Waals surface area contributed by atoms with E-state index in [1.165, 1.54) is 12.3 Å². The summed E-state index contributed by atoms with van der Waals surface area (Å²) >= 11 is 0. The monoisotopic (exact) mass is 263 g/mol. The van der Waals surface area contributed by atoms with Crippen molar-refractivity contribution >= 4 is 12.0 Å². The van der Waals surface area contributed by atoms with Crippen LogP contribution in [-0.4, -0.2) is 17.8 Å². The summed E-state index contributed by atoms with van der Waals surface area (Å²) in [6, 6.07) is 11.7. The maximum Gasteiger partial charge on any atom is 0.387 e. The van der Waals surface area contributed by atoms with Crippen LogP contribution in [0.3, 0.4) is 0 Å². The molecule has 0 saturated carbocycles. The van der Waals surface area contributed by atoms with Gasteiger partial charge in [0.25, 0.3) is 0 Å². The molecule has 0 spiro atoms. The lowest BCUT2D eigenvalue weighted by Crippen LogP contribution is -2.04. The number of hydrogen-bond acceptors (Lipinski definition) is 4. The number of hydrogen-bond donors (Lipinski definition) is 1. The Hall–Kier alpha value is -2.50. The third kappa shape index (κ3) is 4.02. The Morgan fingerprint density at radius 1 is 1.16 bits per heavy atom. The summed E-state index contributed by atoms with van der Waals surface area (Å²) in [6.07, 6.45) is 3.01. The molecule has 0 saturated heterocycles. The zero-order valence-electron chi connectivity index (χ0n) is 9.83. The molecule has 4 nitrogen and oxygen atoms in total. The van der Waals surface area contributed by atoms with Crippen LogP contribution in [0.5, 0.6) is 5.75 Å². The van der Waals surface area contributed by atoms with E-state index in [4.69, 9.17) is 0 Å². The molecule has 1 aromatic carbocycles. The van der Waals surface area contributed by atoms with E-state index in [-0.39, 0.29) is 5.75 Å². The zero-order chi connectivity index (χ0) is 13.5. The molecular weight excluding hydrogens is 252 g/mol. The highest BCUT2D eigenvalue weighted by Gasteiger charge is 2.07. The molecule has 0 aliphatic carbocycles. The highest BCUT2D eigenvalue weighted by Crippen LogP contribution is 2.18. The number of ether oxygens (including phenoxy) is 1. The van der Waals surface area contributed by atoms with Crippen LogP contribution >= 0.6 is 0 Å². The first-order chi connectivity index (χ1) is 9.25. The fourth-order valence-corrected chi connectivity index (χ4v) is 1.39. The minimum absolute atomic E-state index is 0.0732. The van der Waals surface area contributed by atoms with Gasteiger partial charge in [-0.2, -0.15) is 13.9 Å². The standard InChI is InChI=1S/C13H11F2N3O/c14-13(15)19-11-6-2-1-5-10(11)9-17-18-12-7-3-4-8-16-12/h1-9,13H,(H,16,18)/b17-9-. The largest absolute Gasteiger partial charge is 0.434 e. The molecular formula is C13H11F2N3O. The van der Waals surface area contributed by atoms with Crippen LogP contribution < -0.4 is 10.2 Å².